The first-order valence-corrected chi connectivity index (χ1v) is 18.1. The largest absolute Gasteiger partial charge is 0.411 e. The number of hydrogen-bond donors (Lipinski definition) is 3. The third-order valence-corrected chi connectivity index (χ3v) is 10.6. The average molecular weight is 693 g/mol. The number of aliphatic hydroxyl groups excluding tert-OH is 1. The molecule has 12 nitrogen and oxygen atoms in total. The Morgan fingerprint density at radius 3 is 2.33 bits per heavy atom. The van der Waals surface area contributed by atoms with Crippen LogP contribution in [0.3, 0.4) is 0 Å². The summed E-state index contributed by atoms with van der Waals surface area (Å²) >= 11 is 0. The summed E-state index contributed by atoms with van der Waals surface area (Å²) in [4.78, 5) is 35.5. The highest BCUT2D eigenvalue weighted by Gasteiger charge is 2.41. The van der Waals surface area contributed by atoms with Gasteiger partial charge in [0.05, 0.1) is 35.5 Å². The molecule has 13 heteroatoms. The smallest absolute Gasteiger partial charge is 0.321 e. The second kappa shape index (κ2) is 17.4. The van der Waals surface area contributed by atoms with Gasteiger partial charge in [0, 0.05) is 32.4 Å². The molecule has 1 aliphatic heterocycles. The van der Waals surface area contributed by atoms with E-state index in [1.54, 1.807) is 16.0 Å². The minimum absolute atomic E-state index is 0.0266. The number of aromatic nitrogens is 1. The first-order valence-electron chi connectivity index (χ1n) is 16.7. The van der Waals surface area contributed by atoms with Crippen molar-refractivity contribution in [3.63, 3.8) is 0 Å². The molecule has 4 atom stereocenters. The van der Waals surface area contributed by atoms with Crippen LogP contribution >= 0.6 is 0 Å². The summed E-state index contributed by atoms with van der Waals surface area (Å²) < 4.78 is 29.0. The van der Waals surface area contributed by atoms with Crippen LogP contribution in [0.25, 0.3) is 0 Å². The Hall–Kier alpha value is -4.33. The lowest BCUT2D eigenvalue weighted by molar-refractivity contribution is -0.128. The van der Waals surface area contributed by atoms with Crippen molar-refractivity contribution in [2.45, 2.75) is 70.2 Å². The van der Waals surface area contributed by atoms with Crippen LogP contribution in [0.1, 0.15) is 50.9 Å². The van der Waals surface area contributed by atoms with Gasteiger partial charge in [0.1, 0.15) is 6.04 Å². The zero-order valence-electron chi connectivity index (χ0n) is 28.6. The van der Waals surface area contributed by atoms with E-state index >= 15 is 0 Å². The molecule has 3 N–H and O–H groups in total. The number of benzene rings is 2. The van der Waals surface area contributed by atoms with Crippen LogP contribution in [-0.4, -0.2) is 100 Å². The maximum atomic E-state index is 14.2. The minimum Gasteiger partial charge on any atom is -0.411 e. The van der Waals surface area contributed by atoms with Crippen LogP contribution in [0, 0.1) is 11.8 Å². The molecule has 0 unspecified atom stereocenters. The molecule has 0 saturated carbocycles. The van der Waals surface area contributed by atoms with E-state index in [1.165, 1.54) is 34.8 Å². The van der Waals surface area contributed by atoms with Crippen LogP contribution in [0.5, 0.6) is 0 Å². The fourth-order valence-corrected chi connectivity index (χ4v) is 7.62. The highest BCUT2D eigenvalue weighted by Crippen LogP contribution is 2.24. The zero-order valence-corrected chi connectivity index (χ0v) is 29.4. The number of amides is 3. The number of urea groups is 1. The Labute approximate surface area is 289 Å². The molecule has 2 aromatic carbocycles. The van der Waals surface area contributed by atoms with E-state index in [1.807, 2.05) is 76.2 Å². The number of aliphatic hydroxyl groups is 1. The molecule has 1 aromatic heterocycles. The number of hydrogen-bond acceptors (Lipinski definition) is 8. The molecule has 2 heterocycles. The van der Waals surface area contributed by atoms with E-state index in [0.717, 1.165) is 11.3 Å². The Kier molecular flexibility index (Phi) is 13.3. The second-order valence-corrected chi connectivity index (χ2v) is 14.9. The van der Waals surface area contributed by atoms with Gasteiger partial charge < -0.3 is 25.4 Å². The van der Waals surface area contributed by atoms with Gasteiger partial charge in [-0.05, 0) is 53.6 Å². The highest BCUT2D eigenvalue weighted by molar-refractivity contribution is 7.89. The van der Waals surface area contributed by atoms with Gasteiger partial charge in [0.15, 0.2) is 0 Å². The molecule has 1 aliphatic rings. The van der Waals surface area contributed by atoms with E-state index in [0.29, 0.717) is 31.6 Å². The first-order chi connectivity index (χ1) is 23.4. The average Bonchev–Trinajstić information content (AvgIpc) is 3.43. The van der Waals surface area contributed by atoms with Gasteiger partial charge in [-0.3, -0.25) is 9.78 Å². The highest BCUT2D eigenvalue weighted by atomic mass is 32.2. The number of sulfonamides is 1. The topological polar surface area (TPSA) is 156 Å². The summed E-state index contributed by atoms with van der Waals surface area (Å²) in [5.74, 6) is -0.651. The van der Waals surface area contributed by atoms with Gasteiger partial charge in [0.2, 0.25) is 15.9 Å². The predicted octanol–water partition coefficient (Wildman–Crippen LogP) is 3.98. The number of rotatable bonds is 17. The predicted molar refractivity (Wildman–Crippen MR) is 187 cm³/mol. The third kappa shape index (κ3) is 9.87. The molecule has 0 spiro atoms. The maximum absolute atomic E-state index is 14.2. The van der Waals surface area contributed by atoms with Crippen molar-refractivity contribution in [2.24, 2.45) is 17.0 Å². The van der Waals surface area contributed by atoms with Crippen LogP contribution < -0.4 is 5.32 Å². The molecule has 1 fully saturated rings. The van der Waals surface area contributed by atoms with Gasteiger partial charge >= 0.3 is 6.03 Å². The fourth-order valence-electron chi connectivity index (χ4n) is 6.00. The quantitative estimate of drug-likeness (QED) is 0.110. The normalized spacial score (nSPS) is 16.3. The molecule has 3 aromatic rings. The summed E-state index contributed by atoms with van der Waals surface area (Å²) in [6.07, 6.45) is 2.47. The monoisotopic (exact) mass is 692 g/mol. The Balaban J connectivity index is 1.59. The van der Waals surface area contributed by atoms with Crippen molar-refractivity contribution in [1.82, 2.24) is 24.4 Å². The summed E-state index contributed by atoms with van der Waals surface area (Å²) in [7, 11) is -4.05. The number of nitrogens with one attached hydrogen (secondary N) is 1. The number of nitrogens with zero attached hydrogens (tertiary/aromatic N) is 5. The summed E-state index contributed by atoms with van der Waals surface area (Å²) in [5, 5.41) is 26.6. The third-order valence-electron chi connectivity index (χ3n) is 8.77. The zero-order chi connectivity index (χ0) is 35.6. The molecule has 3 amide bonds. The van der Waals surface area contributed by atoms with Gasteiger partial charge in [-0.15, -0.1) is 0 Å². The van der Waals surface area contributed by atoms with Crippen LogP contribution in [-0.2, 0) is 27.8 Å². The molecule has 1 saturated heterocycles. The standard InChI is InChI=1S/C36H48N6O6S/c1-5-27(4)34(42-20-19-40(36(42)45)24-30-13-9-10-18-37-30)35(44)39-32(21-28-11-7-6-8-12-28)33(43)25-41(23-26(2)3)49(47,48)31-16-14-29(15-17-31)22-38-46/h6-18,22,26-27,32-34,43,46H,5,19-21,23-25H2,1-4H3,(H,39,44)/t27-,32-,33-,34-/m0/s1. The van der Waals surface area contributed by atoms with Crippen LogP contribution in [0.4, 0.5) is 4.79 Å². The minimum atomic E-state index is -4.05. The fraction of sp³-hybridized carbons (Fsp3) is 0.444. The molecule has 49 heavy (non-hydrogen) atoms. The second-order valence-electron chi connectivity index (χ2n) is 13.0. The van der Waals surface area contributed by atoms with Crippen molar-refractivity contribution >= 4 is 28.2 Å². The number of pyridine rings is 1. The Bertz CT molecular complexity index is 1640. The van der Waals surface area contributed by atoms with E-state index in [9.17, 15) is 23.1 Å². The number of oxime groups is 1. The van der Waals surface area contributed by atoms with Crippen molar-refractivity contribution in [3.8, 4) is 0 Å². The van der Waals surface area contributed by atoms with Gasteiger partial charge in [-0.2, -0.15) is 4.31 Å². The van der Waals surface area contributed by atoms with E-state index in [-0.39, 0.29) is 42.3 Å². The SMILES string of the molecule is CC[C@H](C)[C@@H](C(=O)N[C@@H](Cc1ccccc1)[C@@H](O)CN(CC(C)C)S(=O)(=O)c1ccc(C=NO)cc1)N1CCN(Cc2ccccn2)C1=O. The molecular formula is C36H48N6O6S. The first kappa shape index (κ1) is 37.5. The van der Waals surface area contributed by atoms with E-state index in [4.69, 9.17) is 5.21 Å². The van der Waals surface area contributed by atoms with Crippen LogP contribution in [0.2, 0.25) is 0 Å². The molecular weight excluding hydrogens is 644 g/mol. The molecule has 0 radical (unpaired) electrons. The van der Waals surface area contributed by atoms with E-state index < -0.39 is 34.1 Å². The maximum Gasteiger partial charge on any atom is 0.321 e. The lowest BCUT2D eigenvalue weighted by Gasteiger charge is -2.35. The lowest BCUT2D eigenvalue weighted by atomic mass is 9.95. The Morgan fingerprint density at radius 1 is 1.02 bits per heavy atom. The Morgan fingerprint density at radius 2 is 1.71 bits per heavy atom. The van der Waals surface area contributed by atoms with Crippen molar-refractivity contribution in [1.29, 1.82) is 0 Å². The van der Waals surface area contributed by atoms with Gasteiger partial charge in [-0.1, -0.05) is 87.8 Å². The van der Waals surface area contributed by atoms with Crippen molar-refractivity contribution in [2.75, 3.05) is 26.2 Å². The van der Waals surface area contributed by atoms with Gasteiger partial charge in [0.25, 0.3) is 0 Å². The van der Waals surface area contributed by atoms with Crippen molar-refractivity contribution < 1.29 is 28.3 Å². The number of carbonyl (C=O) groups excluding carboxylic acids is 2. The summed E-state index contributed by atoms with van der Waals surface area (Å²) in [6.45, 7) is 8.67. The number of carbonyl (C=O) groups is 2. The molecule has 0 aliphatic carbocycles. The van der Waals surface area contributed by atoms with Crippen LogP contribution in [0.15, 0.2) is 89.0 Å². The van der Waals surface area contributed by atoms with E-state index in [2.05, 4.69) is 15.5 Å². The summed E-state index contributed by atoms with van der Waals surface area (Å²) in [5.41, 5.74) is 2.13. The van der Waals surface area contributed by atoms with Gasteiger partial charge in [-0.25, -0.2) is 13.2 Å². The lowest BCUT2D eigenvalue weighted by Crippen LogP contribution is -2.57. The molecule has 4 rings (SSSR count). The summed E-state index contributed by atoms with van der Waals surface area (Å²) in [6, 6.07) is 18.9. The molecule has 264 valence electrons. The molecule has 0 bridgehead atoms. The van der Waals surface area contributed by atoms with Crippen molar-refractivity contribution in [3.05, 3.63) is 95.8 Å².